The summed E-state index contributed by atoms with van der Waals surface area (Å²) in [5.41, 5.74) is 6.83. The van der Waals surface area contributed by atoms with Gasteiger partial charge in [0.1, 0.15) is 5.75 Å². The molecule has 4 heteroatoms. The van der Waals surface area contributed by atoms with Gasteiger partial charge in [0.05, 0.1) is 12.7 Å². The zero-order chi connectivity index (χ0) is 11.4. The maximum absolute atomic E-state index is 10.8. The zero-order valence-corrected chi connectivity index (χ0v) is 8.86. The lowest BCUT2D eigenvalue weighted by Gasteiger charge is -2.14. The fourth-order valence-electron chi connectivity index (χ4n) is 1.38. The molecule has 1 aromatic rings. The van der Waals surface area contributed by atoms with E-state index in [1.54, 1.807) is 19.2 Å². The van der Waals surface area contributed by atoms with Crippen LogP contribution in [0.2, 0.25) is 0 Å². The molecule has 0 heterocycles. The minimum Gasteiger partial charge on any atom is -0.496 e. The van der Waals surface area contributed by atoms with Crippen molar-refractivity contribution in [2.45, 2.75) is 19.4 Å². The molecule has 0 aliphatic rings. The highest BCUT2D eigenvalue weighted by atomic mass is 16.5. The monoisotopic (exact) mass is 209 g/mol. The van der Waals surface area contributed by atoms with Crippen molar-refractivity contribution in [2.24, 2.45) is 5.73 Å². The van der Waals surface area contributed by atoms with Crippen LogP contribution >= 0.6 is 0 Å². The van der Waals surface area contributed by atoms with Crippen molar-refractivity contribution >= 4 is 5.97 Å². The summed E-state index contributed by atoms with van der Waals surface area (Å²) in [5, 5.41) is 8.85. The zero-order valence-electron chi connectivity index (χ0n) is 8.86. The Bertz CT molecular complexity index is 363. The van der Waals surface area contributed by atoms with Crippen molar-refractivity contribution < 1.29 is 14.6 Å². The van der Waals surface area contributed by atoms with Crippen molar-refractivity contribution in [3.63, 3.8) is 0 Å². The van der Waals surface area contributed by atoms with Gasteiger partial charge in [-0.25, -0.2) is 4.79 Å². The highest BCUT2D eigenvalue weighted by Gasteiger charge is 2.13. The second-order valence-corrected chi connectivity index (χ2v) is 3.28. The number of ether oxygens (including phenoxy) is 1. The Morgan fingerprint density at radius 1 is 1.60 bits per heavy atom. The largest absolute Gasteiger partial charge is 0.496 e. The Kier molecular flexibility index (Phi) is 3.68. The quantitative estimate of drug-likeness (QED) is 0.793. The summed E-state index contributed by atoms with van der Waals surface area (Å²) in [6.45, 7) is 1.94. The molecule has 0 bridgehead atoms. The van der Waals surface area contributed by atoms with Crippen LogP contribution in [0.25, 0.3) is 0 Å². The van der Waals surface area contributed by atoms with Gasteiger partial charge in [0.25, 0.3) is 0 Å². The molecule has 0 amide bonds. The highest BCUT2D eigenvalue weighted by Crippen LogP contribution is 2.26. The second kappa shape index (κ2) is 4.79. The van der Waals surface area contributed by atoms with Gasteiger partial charge >= 0.3 is 5.97 Å². The Balaban J connectivity index is 3.18. The molecule has 15 heavy (non-hydrogen) atoms. The second-order valence-electron chi connectivity index (χ2n) is 3.28. The van der Waals surface area contributed by atoms with Crippen LogP contribution < -0.4 is 10.5 Å². The molecule has 1 unspecified atom stereocenters. The number of hydrogen-bond donors (Lipinski definition) is 2. The summed E-state index contributed by atoms with van der Waals surface area (Å²) in [7, 11) is 1.54. The Hall–Kier alpha value is -1.55. The van der Waals surface area contributed by atoms with Gasteiger partial charge in [0.15, 0.2) is 0 Å². The Morgan fingerprint density at radius 3 is 2.73 bits per heavy atom. The SMILES string of the molecule is CCC(N)c1cc(C(=O)O)ccc1OC. The Labute approximate surface area is 88.7 Å². The first-order valence-electron chi connectivity index (χ1n) is 4.77. The van der Waals surface area contributed by atoms with E-state index in [2.05, 4.69) is 0 Å². The summed E-state index contributed by atoms with van der Waals surface area (Å²) in [5.74, 6) is -0.323. The molecule has 1 aromatic carbocycles. The maximum atomic E-state index is 10.8. The van der Waals surface area contributed by atoms with Crippen molar-refractivity contribution in [2.75, 3.05) is 7.11 Å². The molecule has 1 atom stereocenters. The van der Waals surface area contributed by atoms with Gasteiger partial charge in [-0.3, -0.25) is 0 Å². The normalized spacial score (nSPS) is 12.2. The lowest BCUT2D eigenvalue weighted by Crippen LogP contribution is -2.11. The van der Waals surface area contributed by atoms with Crippen molar-refractivity contribution in [1.82, 2.24) is 0 Å². The van der Waals surface area contributed by atoms with Crippen LogP contribution in [0.15, 0.2) is 18.2 Å². The van der Waals surface area contributed by atoms with Crippen LogP contribution in [0, 0.1) is 0 Å². The van der Waals surface area contributed by atoms with Crippen LogP contribution in [0.1, 0.15) is 35.3 Å². The van der Waals surface area contributed by atoms with Gasteiger partial charge in [-0.2, -0.15) is 0 Å². The maximum Gasteiger partial charge on any atom is 0.335 e. The molecule has 0 saturated heterocycles. The summed E-state index contributed by atoms with van der Waals surface area (Å²) >= 11 is 0. The van der Waals surface area contributed by atoms with Gasteiger partial charge in [-0.05, 0) is 24.6 Å². The highest BCUT2D eigenvalue weighted by molar-refractivity contribution is 5.88. The first-order chi connectivity index (χ1) is 7.10. The average molecular weight is 209 g/mol. The fourth-order valence-corrected chi connectivity index (χ4v) is 1.38. The first-order valence-corrected chi connectivity index (χ1v) is 4.77. The minimum atomic E-state index is -0.956. The number of rotatable bonds is 4. The lowest BCUT2D eigenvalue weighted by atomic mass is 10.0. The van der Waals surface area contributed by atoms with E-state index < -0.39 is 5.97 Å². The number of carbonyl (C=O) groups is 1. The van der Waals surface area contributed by atoms with E-state index in [1.807, 2.05) is 6.92 Å². The van der Waals surface area contributed by atoms with Crippen molar-refractivity contribution in [3.8, 4) is 5.75 Å². The van der Waals surface area contributed by atoms with E-state index >= 15 is 0 Å². The number of aromatic carboxylic acids is 1. The summed E-state index contributed by atoms with van der Waals surface area (Å²) in [4.78, 5) is 10.8. The van der Waals surface area contributed by atoms with Crippen LogP contribution in [-0.2, 0) is 0 Å². The molecular formula is C11H15NO3. The number of benzene rings is 1. The van der Waals surface area contributed by atoms with E-state index in [9.17, 15) is 4.79 Å². The molecule has 0 aliphatic carbocycles. The molecule has 0 radical (unpaired) electrons. The van der Waals surface area contributed by atoms with Gasteiger partial charge in [-0.1, -0.05) is 6.92 Å². The standard InChI is InChI=1S/C11H15NO3/c1-3-9(12)8-6-7(11(13)14)4-5-10(8)15-2/h4-6,9H,3,12H2,1-2H3,(H,13,14). The van der Waals surface area contributed by atoms with Crippen LogP contribution in [0.4, 0.5) is 0 Å². The third kappa shape index (κ3) is 2.47. The van der Waals surface area contributed by atoms with E-state index in [-0.39, 0.29) is 11.6 Å². The molecule has 3 N–H and O–H groups in total. The van der Waals surface area contributed by atoms with Crippen LogP contribution in [-0.4, -0.2) is 18.2 Å². The Morgan fingerprint density at radius 2 is 2.27 bits per heavy atom. The molecule has 0 aromatic heterocycles. The predicted molar refractivity (Wildman–Crippen MR) is 57.2 cm³/mol. The predicted octanol–water partition coefficient (Wildman–Crippen LogP) is 1.80. The van der Waals surface area contributed by atoms with Gasteiger partial charge < -0.3 is 15.6 Å². The number of methoxy groups -OCH3 is 1. The molecule has 82 valence electrons. The number of nitrogens with two attached hydrogens (primary N) is 1. The van der Waals surface area contributed by atoms with Crippen LogP contribution in [0.5, 0.6) is 5.75 Å². The van der Waals surface area contributed by atoms with Crippen molar-refractivity contribution in [3.05, 3.63) is 29.3 Å². The number of hydrogen-bond acceptors (Lipinski definition) is 3. The lowest BCUT2D eigenvalue weighted by molar-refractivity contribution is 0.0696. The van der Waals surface area contributed by atoms with E-state index in [0.717, 1.165) is 12.0 Å². The van der Waals surface area contributed by atoms with Gasteiger partial charge in [0, 0.05) is 11.6 Å². The first kappa shape index (κ1) is 11.5. The van der Waals surface area contributed by atoms with E-state index in [0.29, 0.717) is 5.75 Å². The number of carboxylic acids is 1. The molecule has 0 fully saturated rings. The smallest absolute Gasteiger partial charge is 0.335 e. The molecule has 0 spiro atoms. The van der Waals surface area contributed by atoms with Gasteiger partial charge in [-0.15, -0.1) is 0 Å². The molecule has 0 saturated carbocycles. The van der Waals surface area contributed by atoms with Crippen LogP contribution in [0.3, 0.4) is 0 Å². The minimum absolute atomic E-state index is 0.195. The van der Waals surface area contributed by atoms with Gasteiger partial charge in [0.2, 0.25) is 0 Å². The molecule has 4 nitrogen and oxygen atoms in total. The topological polar surface area (TPSA) is 72.6 Å². The fraction of sp³-hybridized carbons (Fsp3) is 0.364. The molecule has 0 aliphatic heterocycles. The van der Waals surface area contributed by atoms with E-state index in [1.165, 1.54) is 6.07 Å². The third-order valence-electron chi connectivity index (χ3n) is 2.32. The summed E-state index contributed by atoms with van der Waals surface area (Å²) in [6.07, 6.45) is 0.736. The van der Waals surface area contributed by atoms with Crippen molar-refractivity contribution in [1.29, 1.82) is 0 Å². The molecule has 1 rings (SSSR count). The summed E-state index contributed by atoms with van der Waals surface area (Å²) in [6, 6.07) is 4.51. The van der Waals surface area contributed by atoms with E-state index in [4.69, 9.17) is 15.6 Å². The number of carboxylic acid groups (broad SMARTS) is 1. The average Bonchev–Trinajstić information content (AvgIpc) is 2.27. The third-order valence-corrected chi connectivity index (χ3v) is 2.32. The molecular weight excluding hydrogens is 194 g/mol. The summed E-state index contributed by atoms with van der Waals surface area (Å²) < 4.78 is 5.13.